The molecule has 2 aromatic carbocycles. The second-order valence-corrected chi connectivity index (χ2v) is 5.32. The molecule has 0 aliphatic carbocycles. The number of carbonyl (C=O) groups excluding carboxylic acids is 3. The van der Waals surface area contributed by atoms with Crippen molar-refractivity contribution in [3.63, 3.8) is 0 Å². The molecule has 0 heterocycles. The zero-order valence-electron chi connectivity index (χ0n) is 14.3. The van der Waals surface area contributed by atoms with Crippen LogP contribution < -0.4 is 15.8 Å². The number of amides is 2. The SMILES string of the molecule is CCOc1ccc(C(=O)NCC(=O)OC(C(N)=O)c2ccccc2)cc1. The van der Waals surface area contributed by atoms with Crippen molar-refractivity contribution in [3.8, 4) is 5.75 Å². The van der Waals surface area contributed by atoms with Crippen LogP contribution in [0.1, 0.15) is 28.9 Å². The molecule has 1 unspecified atom stereocenters. The first-order valence-electron chi connectivity index (χ1n) is 8.06. The van der Waals surface area contributed by atoms with E-state index in [1.807, 2.05) is 6.92 Å². The number of nitrogens with two attached hydrogens (primary N) is 1. The van der Waals surface area contributed by atoms with Crippen LogP contribution in [0.15, 0.2) is 54.6 Å². The number of hydrogen-bond donors (Lipinski definition) is 2. The maximum Gasteiger partial charge on any atom is 0.326 e. The van der Waals surface area contributed by atoms with E-state index in [0.29, 0.717) is 23.5 Å². The predicted molar refractivity (Wildman–Crippen MR) is 94.4 cm³/mol. The molecular weight excluding hydrogens is 336 g/mol. The van der Waals surface area contributed by atoms with E-state index in [0.717, 1.165) is 0 Å². The number of rotatable bonds is 8. The quantitative estimate of drug-likeness (QED) is 0.698. The fourth-order valence-electron chi connectivity index (χ4n) is 2.22. The van der Waals surface area contributed by atoms with Gasteiger partial charge in [-0.3, -0.25) is 14.4 Å². The van der Waals surface area contributed by atoms with Gasteiger partial charge in [-0.15, -0.1) is 0 Å². The molecule has 0 saturated carbocycles. The zero-order valence-corrected chi connectivity index (χ0v) is 14.3. The lowest BCUT2D eigenvalue weighted by Gasteiger charge is -2.15. The Morgan fingerprint density at radius 2 is 1.69 bits per heavy atom. The van der Waals surface area contributed by atoms with Crippen LogP contribution in [0.2, 0.25) is 0 Å². The van der Waals surface area contributed by atoms with Crippen molar-refractivity contribution in [2.24, 2.45) is 5.73 Å². The third-order valence-electron chi connectivity index (χ3n) is 3.43. The molecule has 0 saturated heterocycles. The number of carbonyl (C=O) groups is 3. The van der Waals surface area contributed by atoms with Crippen LogP contribution in [0.5, 0.6) is 5.75 Å². The highest BCUT2D eigenvalue weighted by molar-refractivity contribution is 5.96. The second kappa shape index (κ2) is 9.22. The van der Waals surface area contributed by atoms with Crippen molar-refractivity contribution in [2.45, 2.75) is 13.0 Å². The standard InChI is InChI=1S/C19H20N2O5/c1-2-25-15-10-8-14(9-11-15)19(24)21-12-16(22)26-17(18(20)23)13-6-4-3-5-7-13/h3-11,17H,2,12H2,1H3,(H2,20,23)(H,21,24). The lowest BCUT2D eigenvalue weighted by atomic mass is 10.1. The molecule has 2 rings (SSSR count). The van der Waals surface area contributed by atoms with Gasteiger partial charge in [0.05, 0.1) is 6.61 Å². The maximum absolute atomic E-state index is 12.1. The number of primary amides is 1. The Morgan fingerprint density at radius 1 is 1.04 bits per heavy atom. The molecule has 2 amide bonds. The van der Waals surface area contributed by atoms with Crippen LogP contribution >= 0.6 is 0 Å². The average Bonchev–Trinajstić information content (AvgIpc) is 2.65. The lowest BCUT2D eigenvalue weighted by molar-refractivity contribution is -0.154. The summed E-state index contributed by atoms with van der Waals surface area (Å²) < 4.78 is 10.4. The van der Waals surface area contributed by atoms with E-state index in [4.69, 9.17) is 15.2 Å². The van der Waals surface area contributed by atoms with E-state index < -0.39 is 23.9 Å². The van der Waals surface area contributed by atoms with Crippen molar-refractivity contribution in [1.29, 1.82) is 0 Å². The molecule has 0 aromatic heterocycles. The number of hydrogen-bond acceptors (Lipinski definition) is 5. The zero-order chi connectivity index (χ0) is 18.9. The topological polar surface area (TPSA) is 108 Å². The summed E-state index contributed by atoms with van der Waals surface area (Å²) in [5.41, 5.74) is 6.12. The first-order chi connectivity index (χ1) is 12.5. The summed E-state index contributed by atoms with van der Waals surface area (Å²) in [4.78, 5) is 35.5. The maximum atomic E-state index is 12.1. The van der Waals surface area contributed by atoms with Gasteiger partial charge in [-0.1, -0.05) is 30.3 Å². The number of esters is 1. The van der Waals surface area contributed by atoms with E-state index in [1.165, 1.54) is 0 Å². The van der Waals surface area contributed by atoms with Crippen molar-refractivity contribution < 1.29 is 23.9 Å². The predicted octanol–water partition coefficient (Wildman–Crippen LogP) is 1.58. The van der Waals surface area contributed by atoms with Crippen molar-refractivity contribution in [1.82, 2.24) is 5.32 Å². The number of nitrogens with one attached hydrogen (secondary N) is 1. The molecule has 0 radical (unpaired) electrons. The van der Waals surface area contributed by atoms with Gasteiger partial charge >= 0.3 is 5.97 Å². The van der Waals surface area contributed by atoms with Crippen LogP contribution in [0, 0.1) is 0 Å². The largest absolute Gasteiger partial charge is 0.494 e. The molecule has 7 nitrogen and oxygen atoms in total. The van der Waals surface area contributed by atoms with Crippen molar-refractivity contribution in [3.05, 3.63) is 65.7 Å². The fourth-order valence-corrected chi connectivity index (χ4v) is 2.22. The highest BCUT2D eigenvalue weighted by Crippen LogP contribution is 2.16. The van der Waals surface area contributed by atoms with Gasteiger partial charge in [0.25, 0.3) is 11.8 Å². The Morgan fingerprint density at radius 3 is 2.27 bits per heavy atom. The normalized spacial score (nSPS) is 11.3. The van der Waals surface area contributed by atoms with Crippen LogP contribution in [-0.4, -0.2) is 30.9 Å². The minimum absolute atomic E-state index is 0.371. The Hall–Kier alpha value is -3.35. The molecule has 0 aliphatic heterocycles. The Bertz CT molecular complexity index is 759. The Kier molecular flexibility index (Phi) is 6.73. The summed E-state index contributed by atoms with van der Waals surface area (Å²) in [6.45, 7) is 2.00. The van der Waals surface area contributed by atoms with Crippen LogP contribution in [0.3, 0.4) is 0 Å². The van der Waals surface area contributed by atoms with Crippen LogP contribution in [-0.2, 0) is 14.3 Å². The summed E-state index contributed by atoms with van der Waals surface area (Å²) in [6, 6.07) is 14.9. The summed E-state index contributed by atoms with van der Waals surface area (Å²) in [5, 5.41) is 2.44. The fraction of sp³-hybridized carbons (Fsp3) is 0.211. The van der Waals surface area contributed by atoms with E-state index in [-0.39, 0.29) is 6.54 Å². The van der Waals surface area contributed by atoms with E-state index in [1.54, 1.807) is 54.6 Å². The molecule has 0 fully saturated rings. The van der Waals surface area contributed by atoms with Gasteiger partial charge in [0, 0.05) is 11.1 Å². The number of ether oxygens (including phenoxy) is 2. The molecule has 136 valence electrons. The van der Waals surface area contributed by atoms with Crippen LogP contribution in [0.4, 0.5) is 0 Å². The Labute approximate surface area is 151 Å². The van der Waals surface area contributed by atoms with Gasteiger partial charge in [-0.2, -0.15) is 0 Å². The van der Waals surface area contributed by atoms with E-state index >= 15 is 0 Å². The summed E-state index contributed by atoms with van der Waals surface area (Å²) in [6.07, 6.45) is -1.20. The van der Waals surface area contributed by atoms with E-state index in [9.17, 15) is 14.4 Å². The van der Waals surface area contributed by atoms with Crippen LogP contribution in [0.25, 0.3) is 0 Å². The minimum Gasteiger partial charge on any atom is -0.494 e. The average molecular weight is 356 g/mol. The van der Waals surface area contributed by atoms with Crippen molar-refractivity contribution in [2.75, 3.05) is 13.2 Å². The first-order valence-corrected chi connectivity index (χ1v) is 8.06. The molecule has 3 N–H and O–H groups in total. The smallest absolute Gasteiger partial charge is 0.326 e. The highest BCUT2D eigenvalue weighted by atomic mass is 16.5. The summed E-state index contributed by atoms with van der Waals surface area (Å²) >= 11 is 0. The van der Waals surface area contributed by atoms with Gasteiger partial charge in [0.1, 0.15) is 12.3 Å². The summed E-state index contributed by atoms with van der Waals surface area (Å²) in [5.74, 6) is -1.35. The van der Waals surface area contributed by atoms with Gasteiger partial charge in [0.15, 0.2) is 0 Å². The molecule has 2 aromatic rings. The van der Waals surface area contributed by atoms with E-state index in [2.05, 4.69) is 5.32 Å². The minimum atomic E-state index is -1.20. The third-order valence-corrected chi connectivity index (χ3v) is 3.43. The lowest BCUT2D eigenvalue weighted by Crippen LogP contribution is -2.33. The molecule has 0 aliphatic rings. The van der Waals surface area contributed by atoms with Gasteiger partial charge < -0.3 is 20.5 Å². The first kappa shape index (κ1) is 19.0. The number of benzene rings is 2. The van der Waals surface area contributed by atoms with Gasteiger partial charge in [0.2, 0.25) is 6.10 Å². The van der Waals surface area contributed by atoms with Crippen molar-refractivity contribution >= 4 is 17.8 Å². The molecule has 0 spiro atoms. The second-order valence-electron chi connectivity index (χ2n) is 5.32. The highest BCUT2D eigenvalue weighted by Gasteiger charge is 2.22. The molecule has 0 bridgehead atoms. The molecule has 1 atom stereocenters. The monoisotopic (exact) mass is 356 g/mol. The van der Waals surface area contributed by atoms with Gasteiger partial charge in [-0.05, 0) is 31.2 Å². The summed E-state index contributed by atoms with van der Waals surface area (Å²) in [7, 11) is 0. The third kappa shape index (κ3) is 5.34. The molecule has 26 heavy (non-hydrogen) atoms. The van der Waals surface area contributed by atoms with Gasteiger partial charge in [-0.25, -0.2) is 0 Å². The molecule has 7 heteroatoms. The Balaban J connectivity index is 1.90. The molecular formula is C19H20N2O5.